The van der Waals surface area contributed by atoms with Crippen LogP contribution in [0.5, 0.6) is 0 Å². The van der Waals surface area contributed by atoms with E-state index in [4.69, 9.17) is 0 Å². The normalized spacial score (nSPS) is 15.1. The van der Waals surface area contributed by atoms with E-state index < -0.39 is 0 Å². The molecule has 0 aromatic heterocycles. The van der Waals surface area contributed by atoms with E-state index >= 15 is 0 Å². The molecule has 29 heavy (non-hydrogen) atoms. The maximum absolute atomic E-state index is 4.34. The highest BCUT2D eigenvalue weighted by Gasteiger charge is 2.11. The zero-order valence-corrected chi connectivity index (χ0v) is 17.9. The molecule has 0 aliphatic carbocycles. The van der Waals surface area contributed by atoms with Crippen molar-refractivity contribution in [2.24, 2.45) is 4.99 Å². The van der Waals surface area contributed by atoms with Crippen LogP contribution in [-0.4, -0.2) is 56.0 Å². The Morgan fingerprint density at radius 2 is 1.62 bits per heavy atom. The summed E-state index contributed by atoms with van der Waals surface area (Å²) in [5.41, 5.74) is 4.02. The average molecular weight is 394 g/mol. The lowest BCUT2D eigenvalue weighted by Gasteiger charge is -2.18. The van der Waals surface area contributed by atoms with E-state index in [1.807, 2.05) is 7.05 Å². The first-order valence-electron chi connectivity index (χ1n) is 10.7. The van der Waals surface area contributed by atoms with Crippen LogP contribution >= 0.6 is 0 Å². The van der Waals surface area contributed by atoms with Gasteiger partial charge in [-0.2, -0.15) is 0 Å². The molecule has 5 heteroatoms. The number of likely N-dealkylation sites (tertiary alicyclic amines) is 1. The third-order valence-corrected chi connectivity index (χ3v) is 5.39. The number of aliphatic imine (C=N–C) groups is 1. The van der Waals surface area contributed by atoms with Crippen molar-refractivity contribution in [3.63, 3.8) is 0 Å². The summed E-state index contributed by atoms with van der Waals surface area (Å²) in [6.45, 7) is 7.12. The summed E-state index contributed by atoms with van der Waals surface area (Å²) >= 11 is 0. The minimum absolute atomic E-state index is 0.781. The predicted octanol–water partition coefficient (Wildman–Crippen LogP) is 3.08. The van der Waals surface area contributed by atoms with Crippen LogP contribution in [0.25, 0.3) is 0 Å². The van der Waals surface area contributed by atoms with E-state index in [1.54, 1.807) is 0 Å². The summed E-state index contributed by atoms with van der Waals surface area (Å²) in [6.07, 6.45) is 2.69. The van der Waals surface area contributed by atoms with Crippen LogP contribution in [0.15, 0.2) is 59.6 Å². The predicted molar refractivity (Wildman–Crippen MR) is 122 cm³/mol. The fourth-order valence-electron chi connectivity index (χ4n) is 3.71. The van der Waals surface area contributed by atoms with Crippen LogP contribution in [0.1, 0.15) is 29.5 Å². The fraction of sp³-hybridized carbons (Fsp3) is 0.458. The zero-order valence-electron chi connectivity index (χ0n) is 17.9. The van der Waals surface area contributed by atoms with Gasteiger partial charge in [0.05, 0.1) is 0 Å². The van der Waals surface area contributed by atoms with Crippen molar-refractivity contribution in [2.45, 2.75) is 32.5 Å². The molecule has 2 aromatic rings. The van der Waals surface area contributed by atoms with Gasteiger partial charge >= 0.3 is 0 Å². The lowest BCUT2D eigenvalue weighted by molar-refractivity contribution is 0.331. The highest BCUT2D eigenvalue weighted by atomic mass is 15.2. The molecule has 1 saturated heterocycles. The molecule has 2 aromatic carbocycles. The Kier molecular flexibility index (Phi) is 8.53. The summed E-state index contributed by atoms with van der Waals surface area (Å²) in [7, 11) is 3.97. The van der Waals surface area contributed by atoms with Crippen LogP contribution in [0, 0.1) is 0 Å². The van der Waals surface area contributed by atoms with Crippen molar-refractivity contribution in [3.8, 4) is 0 Å². The molecular formula is C24H35N5. The molecule has 1 fully saturated rings. The zero-order chi connectivity index (χ0) is 20.3. The van der Waals surface area contributed by atoms with Gasteiger partial charge in [0, 0.05) is 39.8 Å². The van der Waals surface area contributed by atoms with Crippen LogP contribution in [-0.2, 0) is 19.6 Å². The first kappa shape index (κ1) is 21.3. The van der Waals surface area contributed by atoms with Gasteiger partial charge in [-0.25, -0.2) is 0 Å². The number of hydrogen-bond acceptors (Lipinski definition) is 3. The second kappa shape index (κ2) is 11.6. The first-order valence-corrected chi connectivity index (χ1v) is 10.7. The molecular weight excluding hydrogens is 358 g/mol. The topological polar surface area (TPSA) is 42.9 Å². The molecule has 0 radical (unpaired) electrons. The third-order valence-electron chi connectivity index (χ3n) is 5.39. The van der Waals surface area contributed by atoms with Gasteiger partial charge in [-0.1, -0.05) is 54.6 Å². The Balaban J connectivity index is 1.35. The van der Waals surface area contributed by atoms with Crippen LogP contribution in [0.2, 0.25) is 0 Å². The Hall–Kier alpha value is -2.37. The fourth-order valence-corrected chi connectivity index (χ4v) is 3.71. The molecule has 0 atom stereocenters. The molecule has 0 spiro atoms. The number of nitrogens with one attached hydrogen (secondary N) is 2. The molecule has 0 saturated carbocycles. The van der Waals surface area contributed by atoms with Crippen molar-refractivity contribution in [2.75, 3.05) is 40.3 Å². The summed E-state index contributed by atoms with van der Waals surface area (Å²) in [6, 6.07) is 19.5. The number of hydrogen-bond donors (Lipinski definition) is 2. The van der Waals surface area contributed by atoms with Gasteiger partial charge in [-0.05, 0) is 49.7 Å². The van der Waals surface area contributed by atoms with Gasteiger partial charge in [-0.15, -0.1) is 0 Å². The van der Waals surface area contributed by atoms with Crippen LogP contribution in [0.3, 0.4) is 0 Å². The number of guanidine groups is 1. The molecule has 3 rings (SSSR count). The van der Waals surface area contributed by atoms with Gasteiger partial charge in [0.1, 0.15) is 0 Å². The quantitative estimate of drug-likeness (QED) is 0.508. The van der Waals surface area contributed by atoms with Gasteiger partial charge in [-0.3, -0.25) is 9.89 Å². The van der Waals surface area contributed by atoms with Gasteiger partial charge in [0.15, 0.2) is 5.96 Å². The van der Waals surface area contributed by atoms with Crippen molar-refractivity contribution < 1.29 is 0 Å². The number of benzene rings is 2. The van der Waals surface area contributed by atoms with Crippen LogP contribution < -0.4 is 10.6 Å². The minimum Gasteiger partial charge on any atom is -0.355 e. The first-order chi connectivity index (χ1) is 14.2. The van der Waals surface area contributed by atoms with Gasteiger partial charge in [0.25, 0.3) is 0 Å². The molecule has 156 valence electrons. The van der Waals surface area contributed by atoms with Crippen molar-refractivity contribution in [1.82, 2.24) is 20.4 Å². The van der Waals surface area contributed by atoms with E-state index in [1.165, 1.54) is 42.6 Å². The van der Waals surface area contributed by atoms with E-state index in [2.05, 4.69) is 87.1 Å². The Bertz CT molecular complexity index is 736. The summed E-state index contributed by atoms with van der Waals surface area (Å²) in [5.74, 6) is 0.847. The Labute approximate surface area is 175 Å². The molecule has 2 N–H and O–H groups in total. The SMILES string of the molecule is CN=C(NCCN(C)Cc1ccccc1)NCc1ccc(CN2CCCC2)cc1. The van der Waals surface area contributed by atoms with E-state index in [9.17, 15) is 0 Å². The highest BCUT2D eigenvalue weighted by molar-refractivity contribution is 5.79. The molecule has 1 aliphatic heterocycles. The van der Waals surface area contributed by atoms with Crippen LogP contribution in [0.4, 0.5) is 0 Å². The van der Waals surface area contributed by atoms with Crippen molar-refractivity contribution in [1.29, 1.82) is 0 Å². The summed E-state index contributed by atoms with van der Waals surface area (Å²) in [4.78, 5) is 9.19. The van der Waals surface area contributed by atoms with Gasteiger partial charge < -0.3 is 15.5 Å². The molecule has 0 amide bonds. The molecule has 1 aliphatic rings. The number of rotatable bonds is 9. The van der Waals surface area contributed by atoms with Crippen molar-refractivity contribution >= 4 is 5.96 Å². The summed E-state index contributed by atoms with van der Waals surface area (Å²) < 4.78 is 0. The Morgan fingerprint density at radius 1 is 0.931 bits per heavy atom. The van der Waals surface area contributed by atoms with Crippen molar-refractivity contribution in [3.05, 3.63) is 71.3 Å². The lowest BCUT2D eigenvalue weighted by atomic mass is 10.1. The number of likely N-dealkylation sites (N-methyl/N-ethyl adjacent to an activating group) is 1. The van der Waals surface area contributed by atoms with E-state index in [0.29, 0.717) is 0 Å². The second-order valence-corrected chi connectivity index (χ2v) is 7.88. The monoisotopic (exact) mass is 393 g/mol. The molecule has 5 nitrogen and oxygen atoms in total. The maximum atomic E-state index is 4.34. The number of nitrogens with zero attached hydrogens (tertiary/aromatic N) is 3. The highest BCUT2D eigenvalue weighted by Crippen LogP contribution is 2.13. The lowest BCUT2D eigenvalue weighted by Crippen LogP contribution is -2.40. The summed E-state index contributed by atoms with van der Waals surface area (Å²) in [5, 5.41) is 6.82. The molecule has 0 bridgehead atoms. The average Bonchev–Trinajstić information content (AvgIpc) is 3.25. The molecule has 0 unspecified atom stereocenters. The Morgan fingerprint density at radius 3 is 2.31 bits per heavy atom. The minimum atomic E-state index is 0.781. The van der Waals surface area contributed by atoms with E-state index in [-0.39, 0.29) is 0 Å². The standard InChI is InChI=1S/C24H35N5/c1-25-24(26-14-17-28(2)19-22-8-4-3-5-9-22)27-18-21-10-12-23(13-11-21)20-29-15-6-7-16-29/h3-5,8-13H,6-7,14-20H2,1-2H3,(H2,25,26,27). The van der Waals surface area contributed by atoms with E-state index in [0.717, 1.165) is 38.7 Å². The van der Waals surface area contributed by atoms with Gasteiger partial charge in [0.2, 0.25) is 0 Å². The smallest absolute Gasteiger partial charge is 0.191 e. The molecule has 1 heterocycles. The largest absolute Gasteiger partial charge is 0.355 e. The third kappa shape index (κ3) is 7.52. The maximum Gasteiger partial charge on any atom is 0.191 e. The second-order valence-electron chi connectivity index (χ2n) is 7.88.